The monoisotopic (exact) mass is 200 g/mol. The maximum absolute atomic E-state index is 5.74. The van der Waals surface area contributed by atoms with Gasteiger partial charge in [0.25, 0.3) is 0 Å². The molecule has 0 bridgehead atoms. The summed E-state index contributed by atoms with van der Waals surface area (Å²) >= 11 is 0. The van der Waals surface area contributed by atoms with Crippen molar-refractivity contribution in [2.75, 3.05) is 13.2 Å². The summed E-state index contributed by atoms with van der Waals surface area (Å²) in [5.41, 5.74) is 0. The topological polar surface area (TPSA) is 18.5 Å². The molecule has 14 heavy (non-hydrogen) atoms. The minimum Gasteiger partial charge on any atom is -0.376 e. The molecule has 2 atom stereocenters. The molecular formula is C12H24O2. The molecule has 0 unspecified atom stereocenters. The first-order valence-electron chi connectivity index (χ1n) is 6.11. The molecule has 2 heteroatoms. The van der Waals surface area contributed by atoms with Gasteiger partial charge in [-0.05, 0) is 25.7 Å². The molecule has 84 valence electrons. The minimum absolute atomic E-state index is 0.401. The highest BCUT2D eigenvalue weighted by molar-refractivity contribution is 4.82. The molecule has 1 rings (SSSR count). The molecule has 1 saturated carbocycles. The van der Waals surface area contributed by atoms with Crippen molar-refractivity contribution in [2.45, 2.75) is 64.6 Å². The van der Waals surface area contributed by atoms with Crippen molar-refractivity contribution in [3.05, 3.63) is 0 Å². The lowest BCUT2D eigenvalue weighted by atomic mass is 9.91. The SMILES string of the molecule is CCCCO[C@H]1CC[C@H]1OCCCC. The van der Waals surface area contributed by atoms with Crippen LogP contribution in [0.5, 0.6) is 0 Å². The maximum Gasteiger partial charge on any atom is 0.0837 e. The number of rotatable bonds is 8. The van der Waals surface area contributed by atoms with Crippen molar-refractivity contribution in [2.24, 2.45) is 0 Å². The van der Waals surface area contributed by atoms with Crippen molar-refractivity contribution in [3.63, 3.8) is 0 Å². The van der Waals surface area contributed by atoms with Gasteiger partial charge in [0.2, 0.25) is 0 Å². The molecule has 0 aromatic rings. The Morgan fingerprint density at radius 2 is 1.29 bits per heavy atom. The molecule has 0 spiro atoms. The fourth-order valence-corrected chi connectivity index (χ4v) is 1.58. The second-order valence-corrected chi connectivity index (χ2v) is 4.10. The predicted molar refractivity (Wildman–Crippen MR) is 58.5 cm³/mol. The normalized spacial score (nSPS) is 26.1. The first kappa shape index (κ1) is 12.0. The van der Waals surface area contributed by atoms with E-state index in [0.29, 0.717) is 12.2 Å². The molecule has 1 aliphatic rings. The summed E-state index contributed by atoms with van der Waals surface area (Å²) in [5, 5.41) is 0. The van der Waals surface area contributed by atoms with Crippen LogP contribution >= 0.6 is 0 Å². The van der Waals surface area contributed by atoms with Crippen LogP contribution in [0.25, 0.3) is 0 Å². The molecule has 0 saturated heterocycles. The highest BCUT2D eigenvalue weighted by atomic mass is 16.5. The van der Waals surface area contributed by atoms with Gasteiger partial charge in [0.05, 0.1) is 12.2 Å². The molecule has 0 amide bonds. The van der Waals surface area contributed by atoms with Crippen molar-refractivity contribution in [1.29, 1.82) is 0 Å². The Bertz CT molecular complexity index is 120. The molecular weight excluding hydrogens is 176 g/mol. The summed E-state index contributed by atoms with van der Waals surface area (Å²) in [7, 11) is 0. The van der Waals surface area contributed by atoms with Crippen LogP contribution in [0.4, 0.5) is 0 Å². The van der Waals surface area contributed by atoms with Crippen molar-refractivity contribution < 1.29 is 9.47 Å². The van der Waals surface area contributed by atoms with E-state index >= 15 is 0 Å². The van der Waals surface area contributed by atoms with Gasteiger partial charge in [0.1, 0.15) is 0 Å². The standard InChI is InChI=1S/C12H24O2/c1-3-5-9-13-11-7-8-12(11)14-10-6-4-2/h11-12H,3-10H2,1-2H3/t11-,12+. The Morgan fingerprint density at radius 1 is 0.857 bits per heavy atom. The molecule has 0 heterocycles. The average molecular weight is 200 g/mol. The van der Waals surface area contributed by atoms with Gasteiger partial charge >= 0.3 is 0 Å². The Morgan fingerprint density at radius 3 is 1.57 bits per heavy atom. The quantitative estimate of drug-likeness (QED) is 0.560. The number of hydrogen-bond acceptors (Lipinski definition) is 2. The number of ether oxygens (including phenoxy) is 2. The van der Waals surface area contributed by atoms with Crippen LogP contribution < -0.4 is 0 Å². The zero-order valence-corrected chi connectivity index (χ0v) is 9.63. The van der Waals surface area contributed by atoms with Gasteiger partial charge in [0, 0.05) is 13.2 Å². The van der Waals surface area contributed by atoms with E-state index < -0.39 is 0 Å². The van der Waals surface area contributed by atoms with Gasteiger partial charge in [-0.1, -0.05) is 26.7 Å². The summed E-state index contributed by atoms with van der Waals surface area (Å²) in [5.74, 6) is 0. The lowest BCUT2D eigenvalue weighted by molar-refractivity contribution is -0.128. The van der Waals surface area contributed by atoms with E-state index in [0.717, 1.165) is 13.2 Å². The van der Waals surface area contributed by atoms with E-state index in [1.165, 1.54) is 38.5 Å². The Labute approximate surface area is 88.0 Å². The van der Waals surface area contributed by atoms with Crippen LogP contribution in [0.1, 0.15) is 52.4 Å². The molecule has 0 N–H and O–H groups in total. The van der Waals surface area contributed by atoms with Gasteiger partial charge in [-0.15, -0.1) is 0 Å². The Hall–Kier alpha value is -0.0800. The second-order valence-electron chi connectivity index (χ2n) is 4.10. The van der Waals surface area contributed by atoms with Gasteiger partial charge in [-0.25, -0.2) is 0 Å². The van der Waals surface area contributed by atoms with Crippen LogP contribution in [-0.2, 0) is 9.47 Å². The van der Waals surface area contributed by atoms with Crippen LogP contribution in [0.15, 0.2) is 0 Å². The van der Waals surface area contributed by atoms with Crippen LogP contribution in [0.3, 0.4) is 0 Å². The fourth-order valence-electron chi connectivity index (χ4n) is 1.58. The maximum atomic E-state index is 5.74. The highest BCUT2D eigenvalue weighted by Crippen LogP contribution is 2.26. The van der Waals surface area contributed by atoms with E-state index in [1.807, 2.05) is 0 Å². The lowest BCUT2D eigenvalue weighted by Crippen LogP contribution is -2.41. The van der Waals surface area contributed by atoms with Gasteiger partial charge < -0.3 is 9.47 Å². The summed E-state index contributed by atoms with van der Waals surface area (Å²) in [6.45, 7) is 6.21. The molecule has 0 aliphatic heterocycles. The number of hydrogen-bond donors (Lipinski definition) is 0. The van der Waals surface area contributed by atoms with E-state index in [-0.39, 0.29) is 0 Å². The highest BCUT2D eigenvalue weighted by Gasteiger charge is 2.31. The number of unbranched alkanes of at least 4 members (excludes halogenated alkanes) is 2. The third-order valence-corrected chi connectivity index (χ3v) is 2.81. The first-order chi connectivity index (χ1) is 6.88. The molecule has 0 aromatic carbocycles. The molecule has 2 nitrogen and oxygen atoms in total. The third kappa shape index (κ3) is 3.97. The van der Waals surface area contributed by atoms with Gasteiger partial charge in [-0.2, -0.15) is 0 Å². The van der Waals surface area contributed by atoms with E-state index in [9.17, 15) is 0 Å². The van der Waals surface area contributed by atoms with Crippen LogP contribution in [-0.4, -0.2) is 25.4 Å². The van der Waals surface area contributed by atoms with E-state index in [2.05, 4.69) is 13.8 Å². The lowest BCUT2D eigenvalue weighted by Gasteiger charge is -2.36. The average Bonchev–Trinajstić information content (AvgIpc) is 2.17. The largest absolute Gasteiger partial charge is 0.376 e. The molecule has 0 aromatic heterocycles. The summed E-state index contributed by atoms with van der Waals surface area (Å²) in [6, 6.07) is 0. The van der Waals surface area contributed by atoms with Crippen molar-refractivity contribution in [1.82, 2.24) is 0 Å². The van der Waals surface area contributed by atoms with Crippen molar-refractivity contribution in [3.8, 4) is 0 Å². The van der Waals surface area contributed by atoms with E-state index in [1.54, 1.807) is 0 Å². The minimum atomic E-state index is 0.401. The Kier molecular flexibility index (Phi) is 6.20. The summed E-state index contributed by atoms with van der Waals surface area (Å²) in [6.07, 6.45) is 7.98. The second kappa shape index (κ2) is 7.24. The molecule has 1 fully saturated rings. The zero-order chi connectivity index (χ0) is 10.2. The fraction of sp³-hybridized carbons (Fsp3) is 1.00. The van der Waals surface area contributed by atoms with Gasteiger partial charge in [0.15, 0.2) is 0 Å². The van der Waals surface area contributed by atoms with Crippen LogP contribution in [0.2, 0.25) is 0 Å². The van der Waals surface area contributed by atoms with Crippen molar-refractivity contribution >= 4 is 0 Å². The first-order valence-corrected chi connectivity index (χ1v) is 6.11. The molecule has 1 aliphatic carbocycles. The predicted octanol–water partition coefficient (Wildman–Crippen LogP) is 3.15. The molecule has 0 radical (unpaired) electrons. The Balaban J connectivity index is 1.97. The zero-order valence-electron chi connectivity index (χ0n) is 9.63. The summed E-state index contributed by atoms with van der Waals surface area (Å²) in [4.78, 5) is 0. The van der Waals surface area contributed by atoms with E-state index in [4.69, 9.17) is 9.47 Å². The smallest absolute Gasteiger partial charge is 0.0837 e. The van der Waals surface area contributed by atoms with Gasteiger partial charge in [-0.3, -0.25) is 0 Å². The summed E-state index contributed by atoms with van der Waals surface area (Å²) < 4.78 is 11.5. The van der Waals surface area contributed by atoms with Crippen LogP contribution in [0, 0.1) is 0 Å². The third-order valence-electron chi connectivity index (χ3n) is 2.81.